The van der Waals surface area contributed by atoms with E-state index in [1.807, 2.05) is 12.1 Å². The van der Waals surface area contributed by atoms with Gasteiger partial charge in [-0.05, 0) is 45.7 Å². The van der Waals surface area contributed by atoms with Crippen molar-refractivity contribution in [3.8, 4) is 0 Å². The highest BCUT2D eigenvalue weighted by atomic mass is 79.9. The van der Waals surface area contributed by atoms with Crippen molar-refractivity contribution in [2.24, 2.45) is 5.73 Å². The van der Waals surface area contributed by atoms with Crippen molar-refractivity contribution in [1.29, 1.82) is 0 Å². The fourth-order valence-electron chi connectivity index (χ4n) is 2.48. The minimum absolute atomic E-state index is 0.184. The van der Waals surface area contributed by atoms with Crippen molar-refractivity contribution in [3.63, 3.8) is 0 Å². The largest absolute Gasteiger partial charge is 0.329 e. The molecule has 0 amide bonds. The molecular formula is C17H20BrClN2. The summed E-state index contributed by atoms with van der Waals surface area (Å²) < 4.78 is 0.913. The van der Waals surface area contributed by atoms with Gasteiger partial charge in [-0.25, -0.2) is 0 Å². The maximum Gasteiger partial charge on any atom is 0.0548 e. The van der Waals surface area contributed by atoms with Gasteiger partial charge in [0.1, 0.15) is 0 Å². The lowest BCUT2D eigenvalue weighted by atomic mass is 10.0. The van der Waals surface area contributed by atoms with E-state index in [-0.39, 0.29) is 6.04 Å². The van der Waals surface area contributed by atoms with Crippen molar-refractivity contribution in [2.45, 2.75) is 19.5 Å². The zero-order chi connectivity index (χ0) is 15.2. The number of benzene rings is 2. The molecule has 2 nitrogen and oxygen atoms in total. The molecule has 2 aromatic rings. The van der Waals surface area contributed by atoms with E-state index in [2.05, 4.69) is 64.2 Å². The Morgan fingerprint density at radius 3 is 2.48 bits per heavy atom. The summed E-state index contributed by atoms with van der Waals surface area (Å²) in [4.78, 5) is 2.38. The number of nitrogens with zero attached hydrogens (tertiary/aromatic N) is 1. The first-order valence-corrected chi connectivity index (χ1v) is 8.25. The second kappa shape index (κ2) is 7.95. The monoisotopic (exact) mass is 366 g/mol. The van der Waals surface area contributed by atoms with E-state index in [1.165, 1.54) is 11.1 Å². The molecule has 0 spiro atoms. The van der Waals surface area contributed by atoms with Crippen LogP contribution in [-0.2, 0) is 6.54 Å². The quantitative estimate of drug-likeness (QED) is 0.807. The molecule has 0 aliphatic carbocycles. The minimum atomic E-state index is 0.184. The summed E-state index contributed by atoms with van der Waals surface area (Å²) in [6.45, 7) is 4.57. The summed E-state index contributed by atoms with van der Waals surface area (Å²) >= 11 is 9.57. The maximum atomic E-state index is 6.08. The Morgan fingerprint density at radius 1 is 1.19 bits per heavy atom. The van der Waals surface area contributed by atoms with E-state index in [4.69, 9.17) is 17.3 Å². The molecule has 1 atom stereocenters. The number of rotatable bonds is 6. The fourth-order valence-corrected chi connectivity index (χ4v) is 2.99. The van der Waals surface area contributed by atoms with Gasteiger partial charge in [-0.3, -0.25) is 4.90 Å². The van der Waals surface area contributed by atoms with E-state index >= 15 is 0 Å². The molecule has 0 aliphatic rings. The third-order valence-electron chi connectivity index (χ3n) is 3.63. The van der Waals surface area contributed by atoms with Gasteiger partial charge in [0.05, 0.1) is 5.02 Å². The van der Waals surface area contributed by atoms with Gasteiger partial charge in [0.15, 0.2) is 0 Å². The van der Waals surface area contributed by atoms with Gasteiger partial charge in [-0.1, -0.05) is 54.9 Å². The molecule has 0 saturated carbocycles. The van der Waals surface area contributed by atoms with Crippen molar-refractivity contribution < 1.29 is 0 Å². The lowest BCUT2D eigenvalue weighted by molar-refractivity contribution is 0.203. The van der Waals surface area contributed by atoms with Gasteiger partial charge < -0.3 is 5.73 Å². The van der Waals surface area contributed by atoms with Crippen molar-refractivity contribution in [2.75, 3.05) is 13.1 Å². The molecule has 0 bridgehead atoms. The molecule has 0 saturated heterocycles. The molecule has 112 valence electrons. The van der Waals surface area contributed by atoms with Gasteiger partial charge >= 0.3 is 0 Å². The zero-order valence-corrected chi connectivity index (χ0v) is 14.4. The Balaban J connectivity index is 2.22. The third kappa shape index (κ3) is 4.30. The van der Waals surface area contributed by atoms with E-state index in [0.717, 1.165) is 22.6 Å². The third-order valence-corrected chi connectivity index (χ3v) is 4.84. The Kier molecular flexibility index (Phi) is 6.24. The highest BCUT2D eigenvalue weighted by Gasteiger charge is 2.18. The van der Waals surface area contributed by atoms with E-state index < -0.39 is 0 Å². The average molecular weight is 368 g/mol. The number of hydrogen-bond acceptors (Lipinski definition) is 2. The summed E-state index contributed by atoms with van der Waals surface area (Å²) in [5.74, 6) is 0. The van der Waals surface area contributed by atoms with Crippen LogP contribution < -0.4 is 5.73 Å². The van der Waals surface area contributed by atoms with E-state index in [0.29, 0.717) is 6.54 Å². The molecule has 0 aromatic heterocycles. The number of halogens is 2. The first kappa shape index (κ1) is 16.5. The second-order valence-electron chi connectivity index (χ2n) is 4.97. The van der Waals surface area contributed by atoms with Crippen LogP contribution in [0.2, 0.25) is 5.02 Å². The standard InChI is InChI=1S/C17H20BrClN2/c1-2-21(12-13-6-4-3-5-7-13)17(11-20)14-8-9-16(19)15(18)10-14/h3-10,17H,2,11-12,20H2,1H3. The average Bonchev–Trinajstić information content (AvgIpc) is 2.51. The minimum Gasteiger partial charge on any atom is -0.329 e. The van der Waals surface area contributed by atoms with Gasteiger partial charge in [-0.15, -0.1) is 0 Å². The van der Waals surface area contributed by atoms with Crippen LogP contribution in [0.1, 0.15) is 24.1 Å². The fraction of sp³-hybridized carbons (Fsp3) is 0.294. The molecule has 0 aliphatic heterocycles. The molecule has 2 rings (SSSR count). The number of likely N-dealkylation sites (N-methyl/N-ethyl adjacent to an activating group) is 1. The van der Waals surface area contributed by atoms with Crippen LogP contribution in [-0.4, -0.2) is 18.0 Å². The normalized spacial score (nSPS) is 12.6. The molecular weight excluding hydrogens is 348 g/mol. The molecule has 1 unspecified atom stereocenters. The molecule has 21 heavy (non-hydrogen) atoms. The summed E-state index contributed by atoms with van der Waals surface area (Å²) in [5.41, 5.74) is 8.52. The van der Waals surface area contributed by atoms with Gasteiger partial charge in [0.2, 0.25) is 0 Å². The Hall–Kier alpha value is -0.870. The van der Waals surface area contributed by atoms with E-state index in [9.17, 15) is 0 Å². The first-order valence-electron chi connectivity index (χ1n) is 7.08. The summed E-state index contributed by atoms with van der Waals surface area (Å²) in [6, 6.07) is 16.7. The Bertz CT molecular complexity index is 574. The highest BCUT2D eigenvalue weighted by Crippen LogP contribution is 2.29. The van der Waals surface area contributed by atoms with Crippen LogP contribution in [0.15, 0.2) is 53.0 Å². The van der Waals surface area contributed by atoms with Crippen molar-refractivity contribution >= 4 is 27.5 Å². The predicted octanol–water partition coefficient (Wildman–Crippen LogP) is 4.62. The predicted molar refractivity (Wildman–Crippen MR) is 93.5 cm³/mol. The summed E-state index contributed by atoms with van der Waals surface area (Å²) in [7, 11) is 0. The number of nitrogens with two attached hydrogens (primary N) is 1. The Morgan fingerprint density at radius 2 is 1.90 bits per heavy atom. The molecule has 2 aromatic carbocycles. The van der Waals surface area contributed by atoms with Crippen LogP contribution in [0.4, 0.5) is 0 Å². The molecule has 0 radical (unpaired) electrons. The molecule has 0 fully saturated rings. The molecule has 0 heterocycles. The molecule has 4 heteroatoms. The van der Waals surface area contributed by atoms with Crippen molar-refractivity contribution in [1.82, 2.24) is 4.90 Å². The zero-order valence-electron chi connectivity index (χ0n) is 12.1. The molecule has 2 N–H and O–H groups in total. The lowest BCUT2D eigenvalue weighted by Crippen LogP contribution is -2.33. The lowest BCUT2D eigenvalue weighted by Gasteiger charge is -2.30. The topological polar surface area (TPSA) is 29.3 Å². The van der Waals surface area contributed by atoms with Crippen LogP contribution in [0.25, 0.3) is 0 Å². The Labute approximate surface area is 140 Å². The van der Waals surface area contributed by atoms with Gasteiger partial charge in [-0.2, -0.15) is 0 Å². The van der Waals surface area contributed by atoms with Crippen molar-refractivity contribution in [3.05, 3.63) is 69.2 Å². The van der Waals surface area contributed by atoms with Crippen LogP contribution in [0, 0.1) is 0 Å². The van der Waals surface area contributed by atoms with Crippen LogP contribution in [0.5, 0.6) is 0 Å². The summed E-state index contributed by atoms with van der Waals surface area (Å²) in [6.07, 6.45) is 0. The highest BCUT2D eigenvalue weighted by molar-refractivity contribution is 9.10. The van der Waals surface area contributed by atoms with Gasteiger partial charge in [0, 0.05) is 23.6 Å². The SMILES string of the molecule is CCN(Cc1ccccc1)C(CN)c1ccc(Cl)c(Br)c1. The summed E-state index contributed by atoms with van der Waals surface area (Å²) in [5, 5.41) is 0.723. The first-order chi connectivity index (χ1) is 10.2. The van der Waals surface area contributed by atoms with Crippen LogP contribution >= 0.6 is 27.5 Å². The van der Waals surface area contributed by atoms with E-state index in [1.54, 1.807) is 0 Å². The smallest absolute Gasteiger partial charge is 0.0548 e. The maximum absolute atomic E-state index is 6.08. The number of hydrogen-bond donors (Lipinski definition) is 1. The second-order valence-corrected chi connectivity index (χ2v) is 6.24. The van der Waals surface area contributed by atoms with Gasteiger partial charge in [0.25, 0.3) is 0 Å². The van der Waals surface area contributed by atoms with Crippen LogP contribution in [0.3, 0.4) is 0 Å².